The van der Waals surface area contributed by atoms with Crippen LogP contribution in [0.2, 0.25) is 0 Å². The molecule has 5 rings (SSSR count). The van der Waals surface area contributed by atoms with Crippen molar-refractivity contribution in [1.82, 2.24) is 21.0 Å². The Morgan fingerprint density at radius 1 is 1.09 bits per heavy atom. The van der Waals surface area contributed by atoms with Crippen molar-refractivity contribution < 1.29 is 39.0 Å². The molecule has 1 unspecified atom stereocenters. The lowest BCUT2D eigenvalue weighted by Crippen LogP contribution is -2.59. The number of nitrogens with zero attached hydrogens (tertiary/aromatic N) is 2. The highest BCUT2D eigenvalue weighted by atomic mass is 16.7. The van der Waals surface area contributed by atoms with Gasteiger partial charge >= 0.3 is 18.1 Å². The molecule has 47 heavy (non-hydrogen) atoms. The molecule has 3 aliphatic rings. The van der Waals surface area contributed by atoms with Crippen LogP contribution in [0, 0.1) is 11.3 Å². The lowest BCUT2D eigenvalue weighted by Gasteiger charge is -2.34. The van der Waals surface area contributed by atoms with E-state index in [4.69, 9.17) is 4.84 Å². The second-order valence-corrected chi connectivity index (χ2v) is 13.3. The number of aliphatic hydroxyl groups excluding tert-OH is 1. The van der Waals surface area contributed by atoms with Crippen molar-refractivity contribution in [2.45, 2.75) is 76.2 Å². The summed E-state index contributed by atoms with van der Waals surface area (Å²) in [6, 6.07) is 11.7. The summed E-state index contributed by atoms with van der Waals surface area (Å²) >= 11 is 0. The Labute approximate surface area is 272 Å². The average molecular weight is 648 g/mol. The second kappa shape index (κ2) is 13.2. The molecule has 2 fully saturated rings. The van der Waals surface area contributed by atoms with E-state index >= 15 is 0 Å². The third kappa shape index (κ3) is 6.86. The number of hydrogen-bond donors (Lipinski definition) is 5. The first-order chi connectivity index (χ1) is 22.3. The third-order valence-electron chi connectivity index (χ3n) is 9.03. The zero-order valence-corrected chi connectivity index (χ0v) is 26.6. The van der Waals surface area contributed by atoms with Crippen molar-refractivity contribution in [3.63, 3.8) is 0 Å². The lowest BCUT2D eigenvalue weighted by molar-refractivity contribution is -0.151. The Morgan fingerprint density at radius 3 is 2.40 bits per heavy atom. The van der Waals surface area contributed by atoms with Gasteiger partial charge in [0.05, 0.1) is 17.8 Å². The minimum absolute atomic E-state index is 0.153. The van der Waals surface area contributed by atoms with Gasteiger partial charge in [0.25, 0.3) is 0 Å². The highest BCUT2D eigenvalue weighted by Gasteiger charge is 2.61. The molecule has 0 spiro atoms. The van der Waals surface area contributed by atoms with E-state index in [1.807, 2.05) is 24.3 Å². The van der Waals surface area contributed by atoms with E-state index in [0.29, 0.717) is 19.3 Å². The van der Waals surface area contributed by atoms with Gasteiger partial charge in [-0.3, -0.25) is 9.59 Å². The van der Waals surface area contributed by atoms with Crippen molar-refractivity contribution in [3.8, 4) is 0 Å². The number of aliphatic carboxylic acids is 1. The summed E-state index contributed by atoms with van der Waals surface area (Å²) < 4.78 is 0. The molecule has 0 bridgehead atoms. The molecule has 6 atom stereocenters. The summed E-state index contributed by atoms with van der Waals surface area (Å²) in [7, 11) is 0. The van der Waals surface area contributed by atoms with Crippen LogP contribution in [0.3, 0.4) is 0 Å². The fraction of sp³-hybridized carbons (Fsp3) is 0.441. The van der Waals surface area contributed by atoms with Crippen LogP contribution in [0.25, 0.3) is 0 Å². The van der Waals surface area contributed by atoms with Crippen LogP contribution < -0.4 is 20.9 Å². The molecule has 0 radical (unpaired) electrons. The number of carbonyl (C=O) groups excluding carboxylic acids is 4. The van der Waals surface area contributed by atoms with E-state index in [2.05, 4.69) is 22.5 Å². The molecule has 250 valence electrons. The zero-order chi connectivity index (χ0) is 34.1. The summed E-state index contributed by atoms with van der Waals surface area (Å²) in [6.45, 7) is 9.09. The van der Waals surface area contributed by atoms with Gasteiger partial charge in [0.2, 0.25) is 11.8 Å². The smallest absolute Gasteiger partial charge is 0.441 e. The molecule has 0 aromatic heterocycles. The molecule has 1 heterocycles. The molecule has 2 aromatic carbocycles. The largest absolute Gasteiger partial charge is 0.479 e. The zero-order valence-electron chi connectivity index (χ0n) is 26.6. The van der Waals surface area contributed by atoms with Crippen molar-refractivity contribution in [3.05, 3.63) is 78.4 Å². The quantitative estimate of drug-likeness (QED) is 0.256. The van der Waals surface area contributed by atoms with Gasteiger partial charge in [-0.05, 0) is 47.9 Å². The Kier molecular flexibility index (Phi) is 9.41. The number of amides is 5. The molecule has 5 N–H and O–H groups in total. The summed E-state index contributed by atoms with van der Waals surface area (Å²) in [5.41, 5.74) is -0.405. The Hall–Kier alpha value is -4.75. The summed E-state index contributed by atoms with van der Waals surface area (Å²) in [5.74, 6) is -2.75. The standard InChI is InChI=1S/C34H41N5O8/c1-5-21-19-34(21,30(43)44)37-28(41)24-16-11-17-38(24)47-32(46)39(22-13-7-6-8-14-22)31(45)36-27(33(2,3)4)29(42)35-26-23-15-10-9-12-20(23)18-25(26)40/h5-10,12-15,21,24-27,40H,1,11,16-19H2,2-4H3,(H,35,42)(H,36,45)(H,37,41)(H,43,44)/t21-,24+,25-,26+,27?,34-/m1/s1. The number of imide groups is 1. The minimum atomic E-state index is -1.45. The van der Waals surface area contributed by atoms with E-state index in [9.17, 15) is 34.2 Å². The number of carboxylic acid groups (broad SMARTS) is 1. The predicted octanol–water partition coefficient (Wildman–Crippen LogP) is 3.05. The molecule has 5 amide bonds. The molecule has 13 nitrogen and oxygen atoms in total. The number of carbonyl (C=O) groups is 5. The number of aliphatic hydroxyl groups is 1. The van der Waals surface area contributed by atoms with Gasteiger partial charge in [0, 0.05) is 18.9 Å². The van der Waals surface area contributed by atoms with Gasteiger partial charge in [-0.2, -0.15) is 4.90 Å². The fourth-order valence-electron chi connectivity index (χ4n) is 6.30. The van der Waals surface area contributed by atoms with Crippen molar-refractivity contribution in [2.24, 2.45) is 11.3 Å². The molecular weight excluding hydrogens is 606 g/mol. The van der Waals surface area contributed by atoms with Crippen LogP contribution in [0.5, 0.6) is 0 Å². The number of nitrogens with one attached hydrogen (secondary N) is 3. The second-order valence-electron chi connectivity index (χ2n) is 13.3. The molecule has 2 aliphatic carbocycles. The van der Waals surface area contributed by atoms with E-state index < -0.39 is 71.0 Å². The maximum absolute atomic E-state index is 13.9. The third-order valence-corrected chi connectivity index (χ3v) is 9.03. The number of carboxylic acids is 1. The number of hydroxylamine groups is 2. The average Bonchev–Trinajstić information content (AvgIpc) is 3.38. The number of urea groups is 1. The van der Waals surface area contributed by atoms with Gasteiger partial charge in [0.15, 0.2) is 0 Å². The normalized spacial score (nSPS) is 25.5. The Balaban J connectivity index is 1.33. The van der Waals surface area contributed by atoms with Crippen molar-refractivity contribution in [1.29, 1.82) is 0 Å². The number of hydrogen-bond acceptors (Lipinski definition) is 8. The maximum Gasteiger partial charge on any atom is 0.441 e. The molecular formula is C34H41N5O8. The first-order valence-electron chi connectivity index (χ1n) is 15.6. The SMILES string of the molecule is C=C[C@@H]1C[C@]1(NC(=O)[C@@H]1CCCN1OC(=O)N(C(=O)NC(C(=O)N[C@H]1c2ccccc2C[C@H]1O)C(C)(C)C)c1ccccc1)C(=O)O. The van der Waals surface area contributed by atoms with Crippen molar-refractivity contribution in [2.75, 3.05) is 11.4 Å². The molecule has 13 heteroatoms. The van der Waals surface area contributed by atoms with Crippen LogP contribution in [0.15, 0.2) is 67.3 Å². The molecule has 1 saturated heterocycles. The number of fused-ring (bicyclic) bond motifs is 1. The van der Waals surface area contributed by atoms with Crippen LogP contribution in [0.4, 0.5) is 15.3 Å². The number of anilines is 1. The van der Waals surface area contributed by atoms with Crippen LogP contribution in [0.1, 0.15) is 57.2 Å². The monoisotopic (exact) mass is 647 g/mol. The van der Waals surface area contributed by atoms with Crippen LogP contribution >= 0.6 is 0 Å². The fourth-order valence-corrected chi connectivity index (χ4v) is 6.30. The predicted molar refractivity (Wildman–Crippen MR) is 171 cm³/mol. The molecule has 1 saturated carbocycles. The number of benzene rings is 2. The number of rotatable bonds is 9. The lowest BCUT2D eigenvalue weighted by atomic mass is 9.86. The van der Waals surface area contributed by atoms with Gasteiger partial charge in [0.1, 0.15) is 17.6 Å². The summed E-state index contributed by atoms with van der Waals surface area (Å²) in [6.07, 6.45) is 0.886. The van der Waals surface area contributed by atoms with E-state index in [1.54, 1.807) is 39.0 Å². The maximum atomic E-state index is 13.9. The Morgan fingerprint density at radius 2 is 1.77 bits per heavy atom. The highest BCUT2D eigenvalue weighted by molar-refractivity contribution is 6.12. The van der Waals surface area contributed by atoms with Crippen molar-refractivity contribution >= 4 is 35.6 Å². The van der Waals surface area contributed by atoms with Crippen LogP contribution in [-0.2, 0) is 25.6 Å². The van der Waals surface area contributed by atoms with E-state index in [1.165, 1.54) is 18.2 Å². The van der Waals surface area contributed by atoms with Gasteiger partial charge in [-0.15, -0.1) is 11.6 Å². The first-order valence-corrected chi connectivity index (χ1v) is 15.6. The number of para-hydroxylation sites is 1. The summed E-state index contributed by atoms with van der Waals surface area (Å²) in [4.78, 5) is 72.8. The van der Waals surface area contributed by atoms with Gasteiger partial charge in [-0.1, -0.05) is 69.3 Å². The van der Waals surface area contributed by atoms with Crippen LogP contribution in [-0.4, -0.2) is 75.5 Å². The van der Waals surface area contributed by atoms with Gasteiger partial charge in [-0.25, -0.2) is 14.4 Å². The van der Waals surface area contributed by atoms with E-state index in [-0.39, 0.29) is 18.7 Å². The topological polar surface area (TPSA) is 178 Å². The highest BCUT2D eigenvalue weighted by Crippen LogP contribution is 2.45. The Bertz CT molecular complexity index is 1560. The van der Waals surface area contributed by atoms with Gasteiger partial charge < -0.3 is 31.0 Å². The summed E-state index contributed by atoms with van der Waals surface area (Å²) in [5, 5.41) is 29.7. The molecule has 2 aromatic rings. The minimum Gasteiger partial charge on any atom is -0.479 e. The molecule has 1 aliphatic heterocycles. The van der Waals surface area contributed by atoms with E-state index in [0.717, 1.165) is 21.1 Å². The first kappa shape index (κ1) is 33.6.